The van der Waals surface area contributed by atoms with E-state index in [-0.39, 0.29) is 5.97 Å². The van der Waals surface area contributed by atoms with Crippen molar-refractivity contribution in [2.75, 3.05) is 7.11 Å². The molecule has 0 unspecified atom stereocenters. The van der Waals surface area contributed by atoms with Gasteiger partial charge in [0.2, 0.25) is 0 Å². The standard InChI is InChI=1S/C13H12N2O2S/c1-17-13(16)12-7-9(8-18-12)11-5-4-10-3-2-6-14-15(10)11/h4-8H,2-3H2,1H3. The lowest BCUT2D eigenvalue weighted by Crippen LogP contribution is -2.04. The largest absolute Gasteiger partial charge is 0.465 e. The third-order valence-electron chi connectivity index (χ3n) is 2.94. The van der Waals surface area contributed by atoms with Crippen molar-refractivity contribution in [2.45, 2.75) is 12.8 Å². The lowest BCUT2D eigenvalue weighted by atomic mass is 10.2. The van der Waals surface area contributed by atoms with Crippen molar-refractivity contribution in [2.24, 2.45) is 5.10 Å². The Hall–Kier alpha value is -1.88. The summed E-state index contributed by atoms with van der Waals surface area (Å²) >= 11 is 1.39. The predicted octanol–water partition coefficient (Wildman–Crippen LogP) is 2.78. The normalized spacial score (nSPS) is 13.4. The third-order valence-corrected chi connectivity index (χ3v) is 3.85. The Kier molecular flexibility index (Phi) is 2.76. The second kappa shape index (κ2) is 4.42. The first-order valence-corrected chi connectivity index (χ1v) is 6.58. The number of fused-ring (bicyclic) bond motifs is 1. The van der Waals surface area contributed by atoms with E-state index >= 15 is 0 Å². The van der Waals surface area contributed by atoms with Crippen molar-refractivity contribution in [3.05, 3.63) is 34.2 Å². The zero-order valence-electron chi connectivity index (χ0n) is 9.92. The van der Waals surface area contributed by atoms with Crippen LogP contribution < -0.4 is 0 Å². The van der Waals surface area contributed by atoms with Crippen molar-refractivity contribution in [1.82, 2.24) is 4.68 Å². The number of thiophene rings is 1. The molecule has 0 aliphatic carbocycles. The number of esters is 1. The average Bonchev–Trinajstić information content (AvgIpc) is 3.03. The third kappa shape index (κ3) is 1.76. The summed E-state index contributed by atoms with van der Waals surface area (Å²) in [6, 6.07) is 5.98. The molecule has 0 radical (unpaired) electrons. The van der Waals surface area contributed by atoms with Gasteiger partial charge in [-0.25, -0.2) is 9.47 Å². The molecule has 3 heterocycles. The lowest BCUT2D eigenvalue weighted by molar-refractivity contribution is 0.0606. The Morgan fingerprint density at radius 3 is 3.22 bits per heavy atom. The molecule has 0 aromatic carbocycles. The van der Waals surface area contributed by atoms with Crippen LogP contribution >= 0.6 is 11.3 Å². The van der Waals surface area contributed by atoms with Crippen molar-refractivity contribution < 1.29 is 9.53 Å². The number of carbonyl (C=O) groups excluding carboxylic acids is 1. The first kappa shape index (κ1) is 11.2. The van der Waals surface area contributed by atoms with E-state index in [0.717, 1.165) is 24.1 Å². The summed E-state index contributed by atoms with van der Waals surface area (Å²) in [5.41, 5.74) is 3.23. The van der Waals surface area contributed by atoms with Crippen LogP contribution in [0.3, 0.4) is 0 Å². The van der Waals surface area contributed by atoms with Gasteiger partial charge >= 0.3 is 5.97 Å². The molecule has 0 saturated carbocycles. The number of methoxy groups -OCH3 is 1. The minimum atomic E-state index is -0.292. The summed E-state index contributed by atoms with van der Waals surface area (Å²) in [7, 11) is 1.39. The van der Waals surface area contributed by atoms with Crippen molar-refractivity contribution in [3.8, 4) is 11.3 Å². The Balaban J connectivity index is 2.01. The average molecular weight is 260 g/mol. The Bertz CT molecular complexity index is 625. The molecule has 2 aromatic rings. The number of hydrogen-bond acceptors (Lipinski definition) is 4. The molecule has 1 aliphatic heterocycles. The second-order valence-corrected chi connectivity index (χ2v) is 4.96. The lowest BCUT2D eigenvalue weighted by Gasteiger charge is -2.10. The van der Waals surface area contributed by atoms with Crippen LogP contribution in [0.4, 0.5) is 0 Å². The quantitative estimate of drug-likeness (QED) is 0.779. The maximum absolute atomic E-state index is 11.4. The van der Waals surface area contributed by atoms with E-state index in [0.29, 0.717) is 4.88 Å². The molecular weight excluding hydrogens is 248 g/mol. The van der Waals surface area contributed by atoms with Gasteiger partial charge in [0.15, 0.2) is 0 Å². The van der Waals surface area contributed by atoms with Gasteiger partial charge in [-0.05, 0) is 31.0 Å². The van der Waals surface area contributed by atoms with Gasteiger partial charge in [0.1, 0.15) is 4.88 Å². The molecule has 2 aromatic heterocycles. The van der Waals surface area contributed by atoms with E-state index in [1.54, 1.807) is 0 Å². The number of aryl methyl sites for hydroxylation is 1. The number of ether oxygens (including phenoxy) is 1. The monoisotopic (exact) mass is 260 g/mol. The van der Waals surface area contributed by atoms with Crippen LogP contribution in [-0.4, -0.2) is 24.0 Å². The maximum atomic E-state index is 11.4. The minimum absolute atomic E-state index is 0.292. The second-order valence-electron chi connectivity index (χ2n) is 4.05. The molecule has 0 spiro atoms. The molecule has 3 rings (SSSR count). The van der Waals surface area contributed by atoms with Gasteiger partial charge in [0.05, 0.1) is 12.8 Å². The van der Waals surface area contributed by atoms with Gasteiger partial charge in [-0.1, -0.05) is 0 Å². The molecule has 0 amide bonds. The van der Waals surface area contributed by atoms with Crippen LogP contribution in [0, 0.1) is 0 Å². The highest BCUT2D eigenvalue weighted by Crippen LogP contribution is 2.29. The number of rotatable bonds is 2. The Morgan fingerprint density at radius 2 is 2.39 bits per heavy atom. The van der Waals surface area contributed by atoms with Crippen LogP contribution in [0.5, 0.6) is 0 Å². The first-order chi connectivity index (χ1) is 8.79. The fourth-order valence-corrected chi connectivity index (χ4v) is 2.86. The summed E-state index contributed by atoms with van der Waals surface area (Å²) < 4.78 is 6.65. The highest BCUT2D eigenvalue weighted by Gasteiger charge is 2.15. The number of aromatic nitrogens is 1. The molecule has 0 N–H and O–H groups in total. The summed E-state index contributed by atoms with van der Waals surface area (Å²) in [4.78, 5) is 12.1. The van der Waals surface area contributed by atoms with Gasteiger partial charge in [-0.2, -0.15) is 5.10 Å². The van der Waals surface area contributed by atoms with E-state index in [4.69, 9.17) is 4.74 Å². The van der Waals surface area contributed by atoms with E-state index in [9.17, 15) is 4.79 Å². The molecule has 5 heteroatoms. The molecule has 1 aliphatic rings. The molecule has 0 atom stereocenters. The van der Waals surface area contributed by atoms with Crippen LogP contribution in [0.1, 0.15) is 21.8 Å². The van der Waals surface area contributed by atoms with Gasteiger partial charge < -0.3 is 4.74 Å². The summed E-state index contributed by atoms with van der Waals surface area (Å²) in [5.74, 6) is -0.292. The molecule has 18 heavy (non-hydrogen) atoms. The van der Waals surface area contributed by atoms with Crippen molar-refractivity contribution in [1.29, 1.82) is 0 Å². The van der Waals surface area contributed by atoms with Gasteiger partial charge in [0, 0.05) is 22.9 Å². The van der Waals surface area contributed by atoms with Gasteiger partial charge in [-0.3, -0.25) is 0 Å². The van der Waals surface area contributed by atoms with E-state index in [1.807, 2.05) is 28.4 Å². The smallest absolute Gasteiger partial charge is 0.348 e. The summed E-state index contributed by atoms with van der Waals surface area (Å²) in [6.07, 6.45) is 3.92. The number of carbonyl (C=O) groups is 1. The van der Waals surface area contributed by atoms with Crippen LogP contribution in [-0.2, 0) is 11.2 Å². The van der Waals surface area contributed by atoms with Gasteiger partial charge in [0.25, 0.3) is 0 Å². The predicted molar refractivity (Wildman–Crippen MR) is 71.3 cm³/mol. The Morgan fingerprint density at radius 1 is 1.50 bits per heavy atom. The molecule has 0 saturated heterocycles. The topological polar surface area (TPSA) is 43.6 Å². The SMILES string of the molecule is COC(=O)c1cc(-c2ccc3n2N=CCC3)cs1. The van der Waals surface area contributed by atoms with Crippen LogP contribution in [0.25, 0.3) is 11.3 Å². The van der Waals surface area contributed by atoms with E-state index < -0.39 is 0 Å². The number of hydrogen-bond donors (Lipinski definition) is 0. The summed E-state index contributed by atoms with van der Waals surface area (Å²) in [6.45, 7) is 0. The zero-order valence-corrected chi connectivity index (χ0v) is 10.7. The fraction of sp³-hybridized carbons (Fsp3) is 0.231. The summed E-state index contributed by atoms with van der Waals surface area (Å²) in [5, 5.41) is 6.34. The molecule has 0 fully saturated rings. The first-order valence-electron chi connectivity index (χ1n) is 5.70. The molecule has 92 valence electrons. The highest BCUT2D eigenvalue weighted by atomic mass is 32.1. The van der Waals surface area contributed by atoms with Crippen LogP contribution in [0.2, 0.25) is 0 Å². The molecule has 4 nitrogen and oxygen atoms in total. The molecular formula is C13H12N2O2S. The van der Waals surface area contributed by atoms with Crippen molar-refractivity contribution in [3.63, 3.8) is 0 Å². The van der Waals surface area contributed by atoms with Crippen molar-refractivity contribution >= 4 is 23.5 Å². The van der Waals surface area contributed by atoms with Crippen LogP contribution in [0.15, 0.2) is 28.7 Å². The van der Waals surface area contributed by atoms with Gasteiger partial charge in [-0.15, -0.1) is 11.3 Å². The number of nitrogens with zero attached hydrogens (tertiary/aromatic N) is 2. The van der Waals surface area contributed by atoms with E-state index in [2.05, 4.69) is 11.2 Å². The minimum Gasteiger partial charge on any atom is -0.465 e. The Labute approximate surface area is 109 Å². The van der Waals surface area contributed by atoms with E-state index in [1.165, 1.54) is 24.1 Å². The zero-order chi connectivity index (χ0) is 12.5. The fourth-order valence-electron chi connectivity index (χ4n) is 2.05. The maximum Gasteiger partial charge on any atom is 0.348 e. The highest BCUT2D eigenvalue weighted by molar-refractivity contribution is 7.12. The molecule has 0 bridgehead atoms.